The van der Waals surface area contributed by atoms with Crippen molar-refractivity contribution < 1.29 is 0 Å². The second kappa shape index (κ2) is 6.20. The van der Waals surface area contributed by atoms with Crippen LogP contribution in [0.2, 0.25) is 0 Å². The number of nitrogens with zero attached hydrogens (tertiary/aromatic N) is 1. The zero-order valence-electron chi connectivity index (χ0n) is 10.2. The minimum absolute atomic E-state index is 0.219. The van der Waals surface area contributed by atoms with Gasteiger partial charge in [-0.2, -0.15) is 0 Å². The Kier molecular flexibility index (Phi) is 6.05. The average molecular weight is 198 g/mol. The third-order valence-electron chi connectivity index (χ3n) is 2.49. The van der Waals surface area contributed by atoms with Crippen molar-refractivity contribution in [1.29, 1.82) is 0 Å². The van der Waals surface area contributed by atoms with E-state index in [1.807, 2.05) is 6.08 Å². The largest absolute Gasteiger partial charge is 0.330 e. The van der Waals surface area contributed by atoms with Crippen LogP contribution in [0.25, 0.3) is 0 Å². The number of rotatable bonds is 6. The summed E-state index contributed by atoms with van der Waals surface area (Å²) in [5.41, 5.74) is 5.77. The van der Waals surface area contributed by atoms with E-state index < -0.39 is 0 Å². The maximum Gasteiger partial charge on any atom is 0.0165 e. The van der Waals surface area contributed by atoms with Gasteiger partial charge >= 0.3 is 0 Å². The predicted octanol–water partition coefficient (Wildman–Crippen LogP) is 2.26. The molecule has 0 rings (SSSR count). The van der Waals surface area contributed by atoms with E-state index in [2.05, 4.69) is 39.2 Å². The molecule has 0 heterocycles. The van der Waals surface area contributed by atoms with Crippen LogP contribution in [0.4, 0.5) is 0 Å². The highest BCUT2D eigenvalue weighted by Crippen LogP contribution is 2.16. The van der Waals surface area contributed by atoms with Crippen molar-refractivity contribution in [1.82, 2.24) is 4.90 Å². The molecule has 0 bridgehead atoms. The summed E-state index contributed by atoms with van der Waals surface area (Å²) in [7, 11) is 0. The average Bonchev–Trinajstić information content (AvgIpc) is 2.02. The molecule has 14 heavy (non-hydrogen) atoms. The summed E-state index contributed by atoms with van der Waals surface area (Å²) in [5, 5.41) is 0. The molecule has 0 spiro atoms. The SMILES string of the molecule is C=CCN(CC(C)CCN)C(C)(C)C. The summed E-state index contributed by atoms with van der Waals surface area (Å²) in [6.45, 7) is 15.6. The third-order valence-corrected chi connectivity index (χ3v) is 2.49. The summed E-state index contributed by atoms with van der Waals surface area (Å²) < 4.78 is 0. The lowest BCUT2D eigenvalue weighted by molar-refractivity contribution is 0.131. The van der Waals surface area contributed by atoms with Gasteiger partial charge in [0.05, 0.1) is 0 Å². The van der Waals surface area contributed by atoms with Gasteiger partial charge in [-0.1, -0.05) is 13.0 Å². The molecule has 2 nitrogen and oxygen atoms in total. The fourth-order valence-corrected chi connectivity index (χ4v) is 1.53. The third kappa shape index (κ3) is 5.40. The molecule has 1 atom stereocenters. The highest BCUT2D eigenvalue weighted by atomic mass is 15.2. The summed E-state index contributed by atoms with van der Waals surface area (Å²) in [4.78, 5) is 2.44. The lowest BCUT2D eigenvalue weighted by Gasteiger charge is -2.36. The molecule has 0 aliphatic carbocycles. The summed E-state index contributed by atoms with van der Waals surface area (Å²) >= 11 is 0. The molecule has 0 fully saturated rings. The van der Waals surface area contributed by atoms with Crippen LogP contribution in [0.3, 0.4) is 0 Å². The Balaban J connectivity index is 4.15. The van der Waals surface area contributed by atoms with E-state index >= 15 is 0 Å². The summed E-state index contributed by atoms with van der Waals surface area (Å²) in [6, 6.07) is 0. The van der Waals surface area contributed by atoms with Gasteiger partial charge in [0.2, 0.25) is 0 Å². The second-order valence-electron chi connectivity index (χ2n) is 5.05. The normalized spacial score (nSPS) is 14.4. The van der Waals surface area contributed by atoms with Crippen molar-refractivity contribution in [2.24, 2.45) is 11.7 Å². The van der Waals surface area contributed by atoms with Crippen LogP contribution >= 0.6 is 0 Å². The monoisotopic (exact) mass is 198 g/mol. The van der Waals surface area contributed by atoms with E-state index in [-0.39, 0.29) is 5.54 Å². The Morgan fingerprint density at radius 3 is 2.36 bits per heavy atom. The summed E-state index contributed by atoms with van der Waals surface area (Å²) in [6.07, 6.45) is 3.07. The zero-order valence-corrected chi connectivity index (χ0v) is 10.2. The number of nitrogens with two attached hydrogens (primary N) is 1. The number of hydrogen-bond donors (Lipinski definition) is 1. The molecule has 84 valence electrons. The standard InChI is InChI=1S/C12H26N2/c1-6-9-14(12(3,4)5)10-11(2)7-8-13/h6,11H,1,7-10,13H2,2-5H3. The van der Waals surface area contributed by atoms with E-state index in [4.69, 9.17) is 5.73 Å². The Hall–Kier alpha value is -0.340. The first-order chi connectivity index (χ1) is 6.41. The topological polar surface area (TPSA) is 29.3 Å². The first-order valence-corrected chi connectivity index (χ1v) is 5.47. The quantitative estimate of drug-likeness (QED) is 0.663. The molecule has 2 heteroatoms. The van der Waals surface area contributed by atoms with Crippen molar-refractivity contribution in [3.05, 3.63) is 12.7 Å². The Labute approximate surface area is 89.2 Å². The van der Waals surface area contributed by atoms with Gasteiger partial charge in [-0.25, -0.2) is 0 Å². The molecule has 0 saturated heterocycles. The molecule has 1 unspecified atom stereocenters. The van der Waals surface area contributed by atoms with Crippen LogP contribution in [0.5, 0.6) is 0 Å². The van der Waals surface area contributed by atoms with Crippen molar-refractivity contribution in [2.75, 3.05) is 19.6 Å². The molecule has 0 aromatic rings. The molecule has 0 radical (unpaired) electrons. The van der Waals surface area contributed by atoms with Crippen molar-refractivity contribution in [3.63, 3.8) is 0 Å². The van der Waals surface area contributed by atoms with Crippen LogP contribution in [-0.2, 0) is 0 Å². The summed E-state index contributed by atoms with van der Waals surface area (Å²) in [5.74, 6) is 0.666. The maximum absolute atomic E-state index is 5.55. The van der Waals surface area contributed by atoms with E-state index in [0.29, 0.717) is 5.92 Å². The Morgan fingerprint density at radius 2 is 2.00 bits per heavy atom. The van der Waals surface area contributed by atoms with Gasteiger partial charge in [-0.05, 0) is 39.7 Å². The molecule has 0 aliphatic rings. The van der Waals surface area contributed by atoms with Gasteiger partial charge in [0.15, 0.2) is 0 Å². The van der Waals surface area contributed by atoms with Gasteiger partial charge in [0.25, 0.3) is 0 Å². The molecular formula is C12H26N2. The highest BCUT2D eigenvalue weighted by molar-refractivity contribution is 4.83. The lowest BCUT2D eigenvalue weighted by atomic mass is 10.0. The van der Waals surface area contributed by atoms with Crippen molar-refractivity contribution in [2.45, 2.75) is 39.7 Å². The van der Waals surface area contributed by atoms with E-state index in [1.165, 1.54) is 0 Å². The fourth-order valence-electron chi connectivity index (χ4n) is 1.53. The Morgan fingerprint density at radius 1 is 1.43 bits per heavy atom. The fraction of sp³-hybridized carbons (Fsp3) is 0.833. The lowest BCUT2D eigenvalue weighted by Crippen LogP contribution is -2.44. The molecule has 0 aromatic heterocycles. The van der Waals surface area contributed by atoms with Gasteiger partial charge in [-0.15, -0.1) is 6.58 Å². The molecule has 0 amide bonds. The smallest absolute Gasteiger partial charge is 0.0165 e. The van der Waals surface area contributed by atoms with Crippen LogP contribution < -0.4 is 5.73 Å². The van der Waals surface area contributed by atoms with Crippen LogP contribution in [0, 0.1) is 5.92 Å². The van der Waals surface area contributed by atoms with Crippen molar-refractivity contribution in [3.8, 4) is 0 Å². The van der Waals surface area contributed by atoms with E-state index in [1.54, 1.807) is 0 Å². The highest BCUT2D eigenvalue weighted by Gasteiger charge is 2.21. The maximum atomic E-state index is 5.55. The first kappa shape index (κ1) is 13.7. The molecule has 0 aliphatic heterocycles. The zero-order chi connectivity index (χ0) is 11.2. The second-order valence-corrected chi connectivity index (χ2v) is 5.05. The predicted molar refractivity (Wildman–Crippen MR) is 64.4 cm³/mol. The first-order valence-electron chi connectivity index (χ1n) is 5.47. The molecule has 0 aromatic carbocycles. The molecule has 0 saturated carbocycles. The van der Waals surface area contributed by atoms with Gasteiger partial charge in [-0.3, -0.25) is 4.90 Å². The number of hydrogen-bond acceptors (Lipinski definition) is 2. The molecule has 2 N–H and O–H groups in total. The van der Waals surface area contributed by atoms with E-state index in [9.17, 15) is 0 Å². The van der Waals surface area contributed by atoms with Gasteiger partial charge < -0.3 is 5.73 Å². The minimum Gasteiger partial charge on any atom is -0.330 e. The molecular weight excluding hydrogens is 172 g/mol. The van der Waals surface area contributed by atoms with Crippen LogP contribution in [0.15, 0.2) is 12.7 Å². The van der Waals surface area contributed by atoms with Crippen LogP contribution in [0.1, 0.15) is 34.1 Å². The van der Waals surface area contributed by atoms with Crippen LogP contribution in [-0.4, -0.2) is 30.1 Å². The Bertz CT molecular complexity index is 158. The van der Waals surface area contributed by atoms with Gasteiger partial charge in [0, 0.05) is 18.6 Å². The van der Waals surface area contributed by atoms with Gasteiger partial charge in [0.1, 0.15) is 0 Å². The minimum atomic E-state index is 0.219. The van der Waals surface area contributed by atoms with E-state index in [0.717, 1.165) is 26.1 Å². The van der Waals surface area contributed by atoms with Crippen molar-refractivity contribution >= 4 is 0 Å².